The molecule has 7 nitrogen and oxygen atoms in total. The van der Waals surface area contributed by atoms with Gasteiger partial charge in [0.25, 0.3) is 11.3 Å². The van der Waals surface area contributed by atoms with E-state index in [1.807, 2.05) is 0 Å². The van der Waals surface area contributed by atoms with Gasteiger partial charge in [-0.15, -0.1) is 0 Å². The first kappa shape index (κ1) is 26.9. The average molecular weight is 518 g/mol. The standard InChI is InChI=1S/C23H27F4N3O4S/c1-13-11-20(23(25,26)27)29-22(34-15-5-3-4-6-15)16(13)8-9-17(21(28)31)14-7-10-19(18(24)12-14)30(2)35(32)33/h7,10-12,15,17H,3-6,8-9H2,1-2H3,(H2,28,31)(H,32,33). The number of nitrogens with two attached hydrogens (primary N) is 1. The number of carbonyl (C=O) groups is 1. The minimum atomic E-state index is -4.64. The molecule has 1 fully saturated rings. The lowest BCUT2D eigenvalue weighted by Crippen LogP contribution is -2.24. The van der Waals surface area contributed by atoms with E-state index in [1.54, 1.807) is 0 Å². The molecule has 1 aromatic heterocycles. The van der Waals surface area contributed by atoms with Crippen LogP contribution < -0.4 is 14.8 Å². The maximum Gasteiger partial charge on any atom is 0.433 e. The topological polar surface area (TPSA) is 106 Å². The summed E-state index contributed by atoms with van der Waals surface area (Å²) in [5, 5.41) is 0. The van der Waals surface area contributed by atoms with E-state index in [0.29, 0.717) is 11.1 Å². The molecular formula is C23H27F4N3O4S. The fraction of sp³-hybridized carbons (Fsp3) is 0.478. The van der Waals surface area contributed by atoms with E-state index in [4.69, 9.17) is 15.0 Å². The molecule has 0 saturated heterocycles. The van der Waals surface area contributed by atoms with Gasteiger partial charge in [0, 0.05) is 12.6 Å². The predicted molar refractivity (Wildman–Crippen MR) is 123 cm³/mol. The number of alkyl halides is 3. The Morgan fingerprint density at radius 2 is 1.97 bits per heavy atom. The maximum atomic E-state index is 14.6. The number of ether oxygens (including phenoxy) is 1. The second-order valence-corrected chi connectivity index (χ2v) is 9.57. The number of hydrogen-bond acceptors (Lipinski definition) is 4. The summed E-state index contributed by atoms with van der Waals surface area (Å²) in [5.41, 5.74) is 5.36. The number of hydrogen-bond donors (Lipinski definition) is 2. The number of primary amides is 1. The van der Waals surface area contributed by atoms with E-state index in [2.05, 4.69) is 4.98 Å². The number of halogens is 4. The number of benzene rings is 1. The van der Waals surface area contributed by atoms with Crippen molar-refractivity contribution in [3.05, 3.63) is 52.5 Å². The number of amides is 1. The molecule has 2 atom stereocenters. The molecule has 0 bridgehead atoms. The zero-order chi connectivity index (χ0) is 25.9. The number of carbonyl (C=O) groups excluding carboxylic acids is 1. The number of rotatable bonds is 9. The van der Waals surface area contributed by atoms with E-state index in [0.717, 1.165) is 42.1 Å². The minimum Gasteiger partial charge on any atom is -0.474 e. The molecular weight excluding hydrogens is 490 g/mol. The highest BCUT2D eigenvalue weighted by molar-refractivity contribution is 7.80. The SMILES string of the molecule is Cc1cc(C(F)(F)F)nc(OC2CCCC2)c1CCC(C(N)=O)c1ccc(N(C)S(=O)O)c(F)c1. The van der Waals surface area contributed by atoms with Gasteiger partial charge in [-0.2, -0.15) is 13.2 Å². The van der Waals surface area contributed by atoms with Crippen LogP contribution >= 0.6 is 0 Å². The number of aryl methyl sites for hydroxylation is 1. The Kier molecular flexibility index (Phi) is 8.37. The molecule has 3 N–H and O–H groups in total. The molecule has 1 heterocycles. The molecule has 1 amide bonds. The third-order valence-corrected chi connectivity index (χ3v) is 6.82. The van der Waals surface area contributed by atoms with E-state index >= 15 is 0 Å². The molecule has 0 aliphatic heterocycles. The van der Waals surface area contributed by atoms with Gasteiger partial charge in [0.15, 0.2) is 0 Å². The van der Waals surface area contributed by atoms with Crippen molar-refractivity contribution in [1.29, 1.82) is 0 Å². The summed E-state index contributed by atoms with van der Waals surface area (Å²) in [6.45, 7) is 1.52. The van der Waals surface area contributed by atoms with Crippen molar-refractivity contribution >= 4 is 22.9 Å². The largest absolute Gasteiger partial charge is 0.474 e. The van der Waals surface area contributed by atoms with Gasteiger partial charge in [-0.25, -0.2) is 13.6 Å². The monoisotopic (exact) mass is 517 g/mol. The van der Waals surface area contributed by atoms with E-state index in [1.165, 1.54) is 26.1 Å². The maximum absolute atomic E-state index is 14.6. The van der Waals surface area contributed by atoms with Gasteiger partial charge in [-0.05, 0) is 74.8 Å². The van der Waals surface area contributed by atoms with Gasteiger partial charge >= 0.3 is 6.18 Å². The zero-order valence-electron chi connectivity index (χ0n) is 19.3. The van der Waals surface area contributed by atoms with Crippen LogP contribution in [-0.4, -0.2) is 32.8 Å². The highest BCUT2D eigenvalue weighted by Crippen LogP contribution is 2.36. The average Bonchev–Trinajstić information content (AvgIpc) is 3.27. The number of anilines is 1. The summed E-state index contributed by atoms with van der Waals surface area (Å²) in [5.74, 6) is -2.63. The van der Waals surface area contributed by atoms with Crippen LogP contribution in [-0.2, 0) is 28.7 Å². The highest BCUT2D eigenvalue weighted by Gasteiger charge is 2.35. The molecule has 192 valence electrons. The summed E-state index contributed by atoms with van der Waals surface area (Å²) in [6, 6.07) is 4.68. The molecule has 1 aliphatic rings. The number of aromatic nitrogens is 1. The van der Waals surface area contributed by atoms with Crippen LogP contribution in [0.15, 0.2) is 24.3 Å². The summed E-state index contributed by atoms with van der Waals surface area (Å²) in [6.07, 6.45) is -1.39. The zero-order valence-corrected chi connectivity index (χ0v) is 20.1. The number of pyridine rings is 1. The van der Waals surface area contributed by atoms with Gasteiger partial charge < -0.3 is 10.5 Å². The van der Waals surface area contributed by atoms with Crippen molar-refractivity contribution in [1.82, 2.24) is 4.98 Å². The molecule has 1 aromatic carbocycles. The normalized spacial score (nSPS) is 16.2. The third-order valence-electron chi connectivity index (χ3n) is 6.15. The first-order valence-corrected chi connectivity index (χ1v) is 12.1. The van der Waals surface area contributed by atoms with Crippen LogP contribution in [0.2, 0.25) is 0 Å². The molecule has 1 saturated carbocycles. The lowest BCUT2D eigenvalue weighted by atomic mass is 9.90. The number of nitrogens with zero attached hydrogens (tertiary/aromatic N) is 2. The van der Waals surface area contributed by atoms with Crippen molar-refractivity contribution in [3.8, 4) is 5.88 Å². The summed E-state index contributed by atoms with van der Waals surface area (Å²) in [4.78, 5) is 15.9. The molecule has 1 aliphatic carbocycles. The van der Waals surface area contributed by atoms with Gasteiger partial charge in [0.2, 0.25) is 11.8 Å². The van der Waals surface area contributed by atoms with Crippen molar-refractivity contribution in [2.24, 2.45) is 5.73 Å². The van der Waals surface area contributed by atoms with Crippen LogP contribution in [0.25, 0.3) is 0 Å². The Balaban J connectivity index is 1.89. The summed E-state index contributed by atoms with van der Waals surface area (Å²) < 4.78 is 81.7. The van der Waals surface area contributed by atoms with Crippen LogP contribution in [0.1, 0.15) is 60.4 Å². The van der Waals surface area contributed by atoms with Crippen molar-refractivity contribution in [2.45, 2.75) is 63.6 Å². The lowest BCUT2D eigenvalue weighted by Gasteiger charge is -2.21. The molecule has 3 rings (SSSR count). The van der Waals surface area contributed by atoms with E-state index in [9.17, 15) is 26.6 Å². The van der Waals surface area contributed by atoms with E-state index in [-0.39, 0.29) is 36.1 Å². The first-order chi connectivity index (χ1) is 16.4. The van der Waals surface area contributed by atoms with Crippen LogP contribution in [0.4, 0.5) is 23.2 Å². The third kappa shape index (κ3) is 6.49. The van der Waals surface area contributed by atoms with E-state index < -0.39 is 40.8 Å². The second kappa shape index (κ2) is 10.9. The second-order valence-electron chi connectivity index (χ2n) is 8.56. The fourth-order valence-corrected chi connectivity index (χ4v) is 4.54. The van der Waals surface area contributed by atoms with Gasteiger partial charge in [0.05, 0.1) is 11.6 Å². The van der Waals surface area contributed by atoms with Crippen LogP contribution in [0.5, 0.6) is 5.88 Å². The van der Waals surface area contributed by atoms with Gasteiger partial charge in [-0.1, -0.05) is 6.07 Å². The van der Waals surface area contributed by atoms with Crippen LogP contribution in [0, 0.1) is 12.7 Å². The molecule has 2 aromatic rings. The highest BCUT2D eigenvalue weighted by atomic mass is 32.2. The van der Waals surface area contributed by atoms with Crippen LogP contribution in [0.3, 0.4) is 0 Å². The lowest BCUT2D eigenvalue weighted by molar-refractivity contribution is -0.141. The van der Waals surface area contributed by atoms with Crippen molar-refractivity contribution in [3.63, 3.8) is 0 Å². The fourth-order valence-electron chi connectivity index (χ4n) is 4.22. The smallest absolute Gasteiger partial charge is 0.433 e. The molecule has 12 heteroatoms. The molecule has 2 unspecified atom stereocenters. The Labute approximate surface area is 203 Å². The Morgan fingerprint density at radius 3 is 2.51 bits per heavy atom. The quantitative estimate of drug-likeness (QED) is 0.372. The minimum absolute atomic E-state index is 0.0742. The predicted octanol–water partition coefficient (Wildman–Crippen LogP) is 4.64. The van der Waals surface area contributed by atoms with Gasteiger partial charge in [-0.3, -0.25) is 13.7 Å². The van der Waals surface area contributed by atoms with Crippen molar-refractivity contribution < 1.29 is 35.9 Å². The molecule has 0 spiro atoms. The Hall–Kier alpha value is -2.73. The molecule has 0 radical (unpaired) electrons. The Morgan fingerprint density at radius 1 is 1.31 bits per heavy atom. The summed E-state index contributed by atoms with van der Waals surface area (Å²) in [7, 11) is 1.23. The van der Waals surface area contributed by atoms with Crippen molar-refractivity contribution in [2.75, 3.05) is 11.4 Å². The molecule has 35 heavy (non-hydrogen) atoms. The summed E-state index contributed by atoms with van der Waals surface area (Å²) >= 11 is -2.44. The Bertz CT molecular complexity index is 1110. The van der Waals surface area contributed by atoms with Gasteiger partial charge in [0.1, 0.15) is 17.6 Å². The first-order valence-electron chi connectivity index (χ1n) is 11.1.